The molecule has 0 saturated heterocycles. The molecule has 0 spiro atoms. The Kier molecular flexibility index (Phi) is 7.48. The third kappa shape index (κ3) is 5.08. The molecular weight excluding hydrogens is 412 g/mol. The van der Waals surface area contributed by atoms with Gasteiger partial charge in [0.15, 0.2) is 6.10 Å². The van der Waals surface area contributed by atoms with Crippen molar-refractivity contribution in [3.63, 3.8) is 0 Å². The number of benzene rings is 2. The first-order chi connectivity index (χ1) is 15.3. The van der Waals surface area contributed by atoms with Gasteiger partial charge in [-0.05, 0) is 35.1 Å². The van der Waals surface area contributed by atoms with Crippen molar-refractivity contribution in [2.24, 2.45) is 5.92 Å². The third-order valence-corrected chi connectivity index (χ3v) is 5.80. The largest absolute Gasteiger partial charge is 0.479 e. The fourth-order valence-electron chi connectivity index (χ4n) is 3.73. The van der Waals surface area contributed by atoms with Crippen molar-refractivity contribution in [3.8, 4) is 11.1 Å². The maximum atomic E-state index is 12.6. The van der Waals surface area contributed by atoms with Crippen molar-refractivity contribution >= 4 is 18.0 Å². The first-order valence-electron chi connectivity index (χ1n) is 10.6. The van der Waals surface area contributed by atoms with E-state index in [-0.39, 0.29) is 18.4 Å². The minimum absolute atomic E-state index is 0.0937. The quantitative estimate of drug-likeness (QED) is 0.515. The lowest BCUT2D eigenvalue weighted by Gasteiger charge is -2.24. The van der Waals surface area contributed by atoms with E-state index in [0.29, 0.717) is 6.42 Å². The second-order valence-electron chi connectivity index (χ2n) is 7.90. The molecule has 8 nitrogen and oxygen atoms in total. The summed E-state index contributed by atoms with van der Waals surface area (Å²) in [4.78, 5) is 40.8. The highest BCUT2D eigenvalue weighted by Crippen LogP contribution is 2.44. The second kappa shape index (κ2) is 10.3. The number of fused-ring (bicyclic) bond motifs is 3. The molecular formula is C24H28N2O6. The Morgan fingerprint density at radius 2 is 1.56 bits per heavy atom. The maximum absolute atomic E-state index is 12.6. The molecule has 2 amide bonds. The molecule has 0 aliphatic heterocycles. The number of carboxylic acid groups (broad SMARTS) is 1. The number of carboxylic acids is 1. The van der Waals surface area contributed by atoms with Gasteiger partial charge in [0, 0.05) is 5.92 Å². The number of hydroxylamine groups is 1. The number of aliphatic carboxylic acids is 1. The number of amides is 2. The molecule has 8 heteroatoms. The van der Waals surface area contributed by atoms with E-state index in [1.54, 1.807) is 6.92 Å². The van der Waals surface area contributed by atoms with Crippen molar-refractivity contribution in [1.82, 2.24) is 10.8 Å². The van der Waals surface area contributed by atoms with E-state index in [4.69, 9.17) is 14.7 Å². The van der Waals surface area contributed by atoms with Crippen LogP contribution >= 0.6 is 0 Å². The minimum Gasteiger partial charge on any atom is -0.479 e. The number of carbonyl (C=O) groups is 3. The fraction of sp³-hybridized carbons (Fsp3) is 0.375. The third-order valence-electron chi connectivity index (χ3n) is 5.80. The summed E-state index contributed by atoms with van der Waals surface area (Å²) in [5.74, 6) is -2.17. The molecule has 170 valence electrons. The number of rotatable bonds is 9. The summed E-state index contributed by atoms with van der Waals surface area (Å²) in [6.07, 6.45) is -1.33. The van der Waals surface area contributed by atoms with Crippen molar-refractivity contribution in [3.05, 3.63) is 59.7 Å². The summed E-state index contributed by atoms with van der Waals surface area (Å²) < 4.78 is 5.51. The highest BCUT2D eigenvalue weighted by Gasteiger charge is 2.31. The van der Waals surface area contributed by atoms with Crippen LogP contribution < -0.4 is 10.8 Å². The number of ether oxygens (including phenoxy) is 1. The Bertz CT molecular complexity index is 946. The van der Waals surface area contributed by atoms with Gasteiger partial charge in [0.25, 0.3) is 5.91 Å². The normalized spacial score (nSPS) is 15.1. The molecule has 2 aromatic rings. The Morgan fingerprint density at radius 3 is 2.09 bits per heavy atom. The number of hydrogen-bond acceptors (Lipinski definition) is 5. The SMILES string of the molecule is CCC(C)[C@H](NC(=O)OCC1c2ccccc2-c2ccccc21)C(=O)NOC(C)C(=O)O. The van der Waals surface area contributed by atoms with Crippen LogP contribution in [0.3, 0.4) is 0 Å². The van der Waals surface area contributed by atoms with Crippen LogP contribution in [0, 0.1) is 5.92 Å². The molecule has 0 fully saturated rings. The predicted molar refractivity (Wildman–Crippen MR) is 118 cm³/mol. The first kappa shape index (κ1) is 23.3. The smallest absolute Gasteiger partial charge is 0.407 e. The first-order valence-corrected chi connectivity index (χ1v) is 10.6. The molecule has 2 unspecified atom stereocenters. The van der Waals surface area contributed by atoms with Crippen LogP contribution in [0.5, 0.6) is 0 Å². The lowest BCUT2D eigenvalue weighted by Crippen LogP contribution is -2.51. The summed E-state index contributed by atoms with van der Waals surface area (Å²) in [5.41, 5.74) is 6.55. The lowest BCUT2D eigenvalue weighted by molar-refractivity contribution is -0.159. The molecule has 3 rings (SSSR count). The molecule has 2 aromatic carbocycles. The van der Waals surface area contributed by atoms with Crippen LogP contribution in [0.1, 0.15) is 44.2 Å². The summed E-state index contributed by atoms with van der Waals surface area (Å²) in [7, 11) is 0. The zero-order valence-electron chi connectivity index (χ0n) is 18.3. The summed E-state index contributed by atoms with van der Waals surface area (Å²) >= 11 is 0. The van der Waals surface area contributed by atoms with Gasteiger partial charge in [-0.15, -0.1) is 0 Å². The highest BCUT2D eigenvalue weighted by atomic mass is 16.7. The van der Waals surface area contributed by atoms with Crippen molar-refractivity contribution < 1.29 is 29.1 Å². The van der Waals surface area contributed by atoms with E-state index in [1.165, 1.54) is 6.92 Å². The van der Waals surface area contributed by atoms with Crippen LogP contribution in [-0.2, 0) is 19.2 Å². The fourth-order valence-corrected chi connectivity index (χ4v) is 3.73. The van der Waals surface area contributed by atoms with Crippen LogP contribution in [0.4, 0.5) is 4.79 Å². The molecule has 0 bridgehead atoms. The van der Waals surface area contributed by atoms with Crippen molar-refractivity contribution in [2.75, 3.05) is 6.61 Å². The van der Waals surface area contributed by atoms with Gasteiger partial charge in [0.05, 0.1) is 0 Å². The molecule has 3 atom stereocenters. The van der Waals surface area contributed by atoms with E-state index in [2.05, 4.69) is 22.9 Å². The molecule has 0 aromatic heterocycles. The summed E-state index contributed by atoms with van der Waals surface area (Å²) in [6.45, 7) is 5.10. The van der Waals surface area contributed by atoms with Crippen LogP contribution in [0.25, 0.3) is 11.1 Å². The standard InChI is InChI=1S/C24H28N2O6/c1-4-14(2)21(22(27)26-32-15(3)23(28)29)25-24(30)31-13-20-18-11-7-5-9-16(18)17-10-6-8-12-19(17)20/h5-12,14-15,20-21H,4,13H2,1-3H3,(H,25,30)(H,26,27)(H,28,29)/t14?,15?,21-/m0/s1. The summed E-state index contributed by atoms with van der Waals surface area (Å²) in [6, 6.07) is 15.1. The van der Waals surface area contributed by atoms with Gasteiger partial charge < -0.3 is 15.2 Å². The van der Waals surface area contributed by atoms with Crippen LogP contribution in [0.2, 0.25) is 0 Å². The Morgan fingerprint density at radius 1 is 1.00 bits per heavy atom. The van der Waals surface area contributed by atoms with E-state index in [9.17, 15) is 14.4 Å². The van der Waals surface area contributed by atoms with Gasteiger partial charge in [-0.2, -0.15) is 0 Å². The van der Waals surface area contributed by atoms with Gasteiger partial charge in [0.2, 0.25) is 0 Å². The van der Waals surface area contributed by atoms with E-state index >= 15 is 0 Å². The predicted octanol–water partition coefficient (Wildman–Crippen LogP) is 3.46. The van der Waals surface area contributed by atoms with E-state index in [1.807, 2.05) is 43.3 Å². The van der Waals surface area contributed by atoms with Crippen molar-refractivity contribution in [2.45, 2.75) is 45.3 Å². The number of hydrogen-bond donors (Lipinski definition) is 3. The Hall–Kier alpha value is -3.39. The van der Waals surface area contributed by atoms with Gasteiger partial charge in [-0.3, -0.25) is 9.63 Å². The molecule has 3 N–H and O–H groups in total. The van der Waals surface area contributed by atoms with Gasteiger partial charge in [-0.25, -0.2) is 15.1 Å². The molecule has 0 heterocycles. The van der Waals surface area contributed by atoms with Gasteiger partial charge in [-0.1, -0.05) is 68.8 Å². The number of carbonyl (C=O) groups excluding carboxylic acids is 2. The summed E-state index contributed by atoms with van der Waals surface area (Å²) in [5, 5.41) is 11.5. The van der Waals surface area contributed by atoms with Crippen molar-refractivity contribution in [1.29, 1.82) is 0 Å². The van der Waals surface area contributed by atoms with Crippen LogP contribution in [-0.4, -0.2) is 41.8 Å². The molecule has 0 saturated carbocycles. The van der Waals surface area contributed by atoms with Crippen LogP contribution in [0.15, 0.2) is 48.5 Å². The van der Waals surface area contributed by atoms with Gasteiger partial charge >= 0.3 is 12.1 Å². The molecule has 32 heavy (non-hydrogen) atoms. The van der Waals surface area contributed by atoms with E-state index in [0.717, 1.165) is 22.3 Å². The Labute approximate surface area is 186 Å². The van der Waals surface area contributed by atoms with E-state index < -0.39 is 30.1 Å². The zero-order valence-corrected chi connectivity index (χ0v) is 18.3. The molecule has 0 radical (unpaired) electrons. The monoisotopic (exact) mass is 440 g/mol. The minimum atomic E-state index is -1.22. The second-order valence-corrected chi connectivity index (χ2v) is 7.90. The number of alkyl carbamates (subject to hydrolysis) is 1. The average Bonchev–Trinajstić information content (AvgIpc) is 3.12. The average molecular weight is 440 g/mol. The molecule has 1 aliphatic rings. The van der Waals surface area contributed by atoms with Gasteiger partial charge in [0.1, 0.15) is 12.6 Å². The maximum Gasteiger partial charge on any atom is 0.407 e. The Balaban J connectivity index is 1.64. The lowest BCUT2D eigenvalue weighted by atomic mass is 9.98. The number of nitrogens with one attached hydrogen (secondary N) is 2. The topological polar surface area (TPSA) is 114 Å². The zero-order chi connectivity index (χ0) is 23.3. The molecule has 1 aliphatic carbocycles. The highest BCUT2D eigenvalue weighted by molar-refractivity contribution is 5.85.